The molecule has 0 fully saturated rings. The zero-order valence-corrected chi connectivity index (χ0v) is 5.21. The summed E-state index contributed by atoms with van der Waals surface area (Å²) in [6, 6.07) is 0. The van der Waals surface area contributed by atoms with Gasteiger partial charge in [0.05, 0.1) is 5.54 Å². The van der Waals surface area contributed by atoms with Crippen LogP contribution in [0.2, 0.25) is 0 Å². The molecule has 0 spiro atoms. The average Bonchev–Trinajstić information content (AvgIpc) is 0.722. The highest BCUT2D eigenvalue weighted by molar-refractivity contribution is 4.48. The molecular formula is C5H15N. The van der Waals surface area contributed by atoms with Gasteiger partial charge in [-0.25, -0.2) is 0 Å². The summed E-state index contributed by atoms with van der Waals surface area (Å²) >= 11 is 0. The second kappa shape index (κ2) is 2.19. The molecule has 0 saturated heterocycles. The number of hydrogen-bond acceptors (Lipinski definition) is 0. The molecular weight excluding hydrogens is 74.1 g/mol. The predicted octanol–water partition coefficient (Wildman–Crippen LogP) is 0.477. The molecule has 0 aliphatic carbocycles. The Hall–Kier alpha value is -0.0400. The van der Waals surface area contributed by atoms with Crippen molar-refractivity contribution in [2.24, 2.45) is 0 Å². The van der Waals surface area contributed by atoms with Crippen molar-refractivity contribution in [2.45, 2.75) is 26.3 Å². The molecule has 0 aliphatic rings. The van der Waals surface area contributed by atoms with Crippen LogP contribution in [-0.2, 0) is 0 Å². The van der Waals surface area contributed by atoms with Crippen LogP contribution in [0.3, 0.4) is 0 Å². The maximum Gasteiger partial charge on any atom is 0.0860 e. The van der Waals surface area contributed by atoms with Gasteiger partial charge in [-0.3, -0.25) is 0 Å². The summed E-state index contributed by atoms with van der Waals surface area (Å²) in [4.78, 5) is 0. The topological polar surface area (TPSA) is 27.6 Å². The van der Waals surface area contributed by atoms with Crippen LogP contribution in [0, 0.1) is 7.43 Å². The number of quaternary nitrogens is 1. The Morgan fingerprint density at radius 3 is 1.17 bits per heavy atom. The normalized spacial score (nSPS) is 10.0. The molecule has 0 heterocycles. The lowest BCUT2D eigenvalue weighted by molar-refractivity contribution is -0.458. The minimum atomic E-state index is 0. The highest BCUT2D eigenvalue weighted by atomic mass is 14.7. The highest BCUT2D eigenvalue weighted by Crippen LogP contribution is 1.84. The van der Waals surface area contributed by atoms with E-state index >= 15 is 0 Å². The average molecular weight is 89.2 g/mol. The van der Waals surface area contributed by atoms with Crippen molar-refractivity contribution in [3.8, 4) is 0 Å². The monoisotopic (exact) mass is 89.1 g/mol. The maximum atomic E-state index is 3.77. The van der Waals surface area contributed by atoms with E-state index in [1.54, 1.807) is 0 Å². The van der Waals surface area contributed by atoms with Crippen LogP contribution in [-0.4, -0.2) is 5.54 Å². The molecule has 0 atom stereocenters. The molecule has 1 heteroatoms. The molecule has 0 aromatic rings. The SMILES string of the molecule is CC(C)(C)[NH3+].[CH3-]. The van der Waals surface area contributed by atoms with E-state index in [0.717, 1.165) is 0 Å². The van der Waals surface area contributed by atoms with E-state index in [1.807, 2.05) is 0 Å². The van der Waals surface area contributed by atoms with Crippen molar-refractivity contribution in [3.05, 3.63) is 7.43 Å². The quantitative estimate of drug-likeness (QED) is 0.418. The van der Waals surface area contributed by atoms with E-state index in [0.29, 0.717) is 0 Å². The Bertz CT molecular complexity index is 19.4. The first-order valence-electron chi connectivity index (χ1n) is 1.85. The maximum absolute atomic E-state index is 3.77. The summed E-state index contributed by atoms with van der Waals surface area (Å²) in [6.07, 6.45) is 0. The number of rotatable bonds is 0. The third kappa shape index (κ3) is 21700. The molecule has 0 aromatic heterocycles. The van der Waals surface area contributed by atoms with Gasteiger partial charge in [0.25, 0.3) is 0 Å². The molecule has 0 radical (unpaired) electrons. The molecule has 40 valence electrons. The molecule has 3 N–H and O–H groups in total. The van der Waals surface area contributed by atoms with Gasteiger partial charge in [-0.2, -0.15) is 0 Å². The summed E-state index contributed by atoms with van der Waals surface area (Å²) < 4.78 is 0. The Kier molecular flexibility index (Phi) is 3.41. The molecule has 1 nitrogen and oxygen atoms in total. The summed E-state index contributed by atoms with van der Waals surface area (Å²) in [5, 5.41) is 0. The zero-order chi connectivity index (χ0) is 4.50. The van der Waals surface area contributed by atoms with Crippen molar-refractivity contribution in [3.63, 3.8) is 0 Å². The van der Waals surface area contributed by atoms with Crippen molar-refractivity contribution < 1.29 is 5.73 Å². The molecule has 0 aliphatic heterocycles. The van der Waals surface area contributed by atoms with E-state index in [2.05, 4.69) is 26.5 Å². The molecule has 0 saturated carbocycles. The first-order chi connectivity index (χ1) is 2.00. The standard InChI is InChI=1S/C4H11N.CH3/c1-4(2,3)5;/h5H2,1-3H3;1H3/q;-1/p+1. The van der Waals surface area contributed by atoms with Gasteiger partial charge in [0.2, 0.25) is 0 Å². The van der Waals surface area contributed by atoms with Gasteiger partial charge >= 0.3 is 0 Å². The molecule has 0 rings (SSSR count). The van der Waals surface area contributed by atoms with Gasteiger partial charge < -0.3 is 13.2 Å². The zero-order valence-electron chi connectivity index (χ0n) is 5.21. The van der Waals surface area contributed by atoms with E-state index in [-0.39, 0.29) is 13.0 Å². The summed E-state index contributed by atoms with van der Waals surface area (Å²) in [5.41, 5.74) is 4.02. The molecule has 0 aromatic carbocycles. The van der Waals surface area contributed by atoms with Gasteiger partial charge in [0.15, 0.2) is 0 Å². The lowest BCUT2D eigenvalue weighted by Crippen LogP contribution is -2.67. The van der Waals surface area contributed by atoms with Crippen molar-refractivity contribution >= 4 is 0 Å². The fourth-order valence-corrected chi connectivity index (χ4v) is 0. The molecule has 0 amide bonds. The number of hydrogen-bond donors (Lipinski definition) is 1. The van der Waals surface area contributed by atoms with Crippen LogP contribution in [0.25, 0.3) is 0 Å². The van der Waals surface area contributed by atoms with Crippen molar-refractivity contribution in [2.75, 3.05) is 0 Å². The smallest absolute Gasteiger partial charge is 0.0860 e. The first-order valence-corrected chi connectivity index (χ1v) is 1.85. The van der Waals surface area contributed by atoms with Gasteiger partial charge in [0, 0.05) is 0 Å². The van der Waals surface area contributed by atoms with Crippen LogP contribution in [0.5, 0.6) is 0 Å². The predicted molar refractivity (Wildman–Crippen MR) is 29.1 cm³/mol. The third-order valence-electron chi connectivity index (χ3n) is 0. The van der Waals surface area contributed by atoms with Crippen molar-refractivity contribution in [1.82, 2.24) is 0 Å². The first kappa shape index (κ1) is 9.35. The van der Waals surface area contributed by atoms with E-state index < -0.39 is 0 Å². The lowest BCUT2D eigenvalue weighted by atomic mass is 10.1. The summed E-state index contributed by atoms with van der Waals surface area (Å²) in [7, 11) is 0. The largest absolute Gasteiger partial charge is 0.358 e. The van der Waals surface area contributed by atoms with Crippen LogP contribution in [0.1, 0.15) is 20.8 Å². The summed E-state index contributed by atoms with van der Waals surface area (Å²) in [6.45, 7) is 6.23. The van der Waals surface area contributed by atoms with Crippen LogP contribution in [0.4, 0.5) is 0 Å². The fraction of sp³-hybridized carbons (Fsp3) is 0.800. The Balaban J connectivity index is 0. The minimum absolute atomic E-state index is 0. The molecule has 6 heavy (non-hydrogen) atoms. The fourth-order valence-electron chi connectivity index (χ4n) is 0. The van der Waals surface area contributed by atoms with Crippen molar-refractivity contribution in [1.29, 1.82) is 0 Å². The van der Waals surface area contributed by atoms with Gasteiger partial charge in [-0.05, 0) is 20.8 Å². The lowest BCUT2D eigenvalue weighted by Gasteiger charge is -2.01. The minimum Gasteiger partial charge on any atom is -0.358 e. The molecule has 0 unspecified atom stereocenters. The van der Waals surface area contributed by atoms with E-state index in [1.165, 1.54) is 0 Å². The third-order valence-corrected chi connectivity index (χ3v) is 0. The van der Waals surface area contributed by atoms with Gasteiger partial charge in [-0.15, -0.1) is 0 Å². The van der Waals surface area contributed by atoms with E-state index in [4.69, 9.17) is 0 Å². The Labute approximate surface area is 40.5 Å². The summed E-state index contributed by atoms with van der Waals surface area (Å²) in [5.74, 6) is 0. The van der Waals surface area contributed by atoms with Crippen LogP contribution >= 0.6 is 0 Å². The van der Waals surface area contributed by atoms with Crippen LogP contribution < -0.4 is 5.73 Å². The van der Waals surface area contributed by atoms with E-state index in [9.17, 15) is 0 Å². The van der Waals surface area contributed by atoms with Gasteiger partial charge in [-0.1, -0.05) is 0 Å². The Morgan fingerprint density at radius 1 is 1.17 bits per heavy atom. The van der Waals surface area contributed by atoms with Crippen LogP contribution in [0.15, 0.2) is 0 Å². The second-order valence-corrected chi connectivity index (χ2v) is 2.56. The Morgan fingerprint density at radius 2 is 1.17 bits per heavy atom. The second-order valence-electron chi connectivity index (χ2n) is 2.56. The molecule has 0 bridgehead atoms. The highest BCUT2D eigenvalue weighted by Gasteiger charge is 2.00. The van der Waals surface area contributed by atoms with Gasteiger partial charge in [0.1, 0.15) is 0 Å².